The molecular formula is C12H9ClFN3O. The lowest BCUT2D eigenvalue weighted by molar-refractivity contribution is 0.102. The average Bonchev–Trinajstić information content (AvgIpc) is 2.28. The van der Waals surface area contributed by atoms with E-state index in [0.29, 0.717) is 5.69 Å². The fourth-order valence-electron chi connectivity index (χ4n) is 1.38. The number of anilines is 2. The van der Waals surface area contributed by atoms with E-state index in [-0.39, 0.29) is 16.4 Å². The molecule has 2 rings (SSSR count). The van der Waals surface area contributed by atoms with E-state index in [2.05, 4.69) is 10.3 Å². The Hall–Kier alpha value is -2.14. The summed E-state index contributed by atoms with van der Waals surface area (Å²) in [6.45, 7) is 0. The maximum absolute atomic E-state index is 12.8. The molecule has 2 aromatic rings. The summed E-state index contributed by atoms with van der Waals surface area (Å²) in [6, 6.07) is 8.63. The Morgan fingerprint density at radius 2 is 2.11 bits per heavy atom. The van der Waals surface area contributed by atoms with Crippen LogP contribution < -0.4 is 11.1 Å². The summed E-state index contributed by atoms with van der Waals surface area (Å²) in [5.41, 5.74) is 6.23. The van der Waals surface area contributed by atoms with Gasteiger partial charge in [0.1, 0.15) is 5.82 Å². The highest BCUT2D eigenvalue weighted by molar-refractivity contribution is 6.34. The number of hydrogen-bond donors (Lipinski definition) is 2. The molecule has 18 heavy (non-hydrogen) atoms. The Morgan fingerprint density at radius 3 is 2.78 bits per heavy atom. The Kier molecular flexibility index (Phi) is 3.43. The van der Waals surface area contributed by atoms with E-state index in [0.717, 1.165) is 0 Å². The molecule has 0 fully saturated rings. The molecule has 92 valence electrons. The molecule has 0 aliphatic heterocycles. The van der Waals surface area contributed by atoms with Gasteiger partial charge in [0.15, 0.2) is 0 Å². The fourth-order valence-corrected chi connectivity index (χ4v) is 1.65. The second-order valence-electron chi connectivity index (χ2n) is 3.54. The summed E-state index contributed by atoms with van der Waals surface area (Å²) < 4.78 is 12.8. The number of benzene rings is 1. The molecule has 0 atom stereocenters. The second-order valence-corrected chi connectivity index (χ2v) is 3.95. The summed E-state index contributed by atoms with van der Waals surface area (Å²) >= 11 is 5.89. The molecule has 0 aliphatic rings. The first-order chi connectivity index (χ1) is 8.56. The third kappa shape index (κ3) is 2.75. The normalized spacial score (nSPS) is 10.1. The highest BCUT2D eigenvalue weighted by atomic mass is 35.5. The van der Waals surface area contributed by atoms with Crippen molar-refractivity contribution in [3.63, 3.8) is 0 Å². The lowest BCUT2D eigenvalue weighted by Crippen LogP contribution is -2.13. The molecule has 3 N–H and O–H groups in total. The maximum atomic E-state index is 12.8. The largest absolute Gasteiger partial charge is 0.399 e. The second kappa shape index (κ2) is 5.01. The summed E-state index contributed by atoms with van der Waals surface area (Å²) in [5.74, 6) is -1.03. The molecule has 0 spiro atoms. The van der Waals surface area contributed by atoms with E-state index in [9.17, 15) is 9.18 Å². The minimum atomic E-state index is -0.670. The van der Waals surface area contributed by atoms with Gasteiger partial charge in [0.25, 0.3) is 5.91 Å². The van der Waals surface area contributed by atoms with E-state index in [1.807, 2.05) is 0 Å². The molecule has 0 radical (unpaired) electrons. The molecule has 0 bridgehead atoms. The summed E-state index contributed by atoms with van der Waals surface area (Å²) in [4.78, 5) is 15.4. The first-order valence-electron chi connectivity index (χ1n) is 5.05. The lowest BCUT2D eigenvalue weighted by atomic mass is 10.2. The van der Waals surface area contributed by atoms with Gasteiger partial charge in [-0.05, 0) is 30.3 Å². The molecular weight excluding hydrogens is 257 g/mol. The first kappa shape index (κ1) is 12.3. The van der Waals surface area contributed by atoms with Gasteiger partial charge in [-0.15, -0.1) is 0 Å². The predicted molar refractivity (Wildman–Crippen MR) is 68.0 cm³/mol. The van der Waals surface area contributed by atoms with Crippen molar-refractivity contribution >= 4 is 29.0 Å². The standard InChI is InChI=1S/C12H9ClFN3O/c13-9-6-7(15)4-5-8(9)12(18)17-11-3-1-2-10(14)16-11/h1-6H,15H2,(H,16,17,18). The first-order valence-corrected chi connectivity index (χ1v) is 5.43. The van der Waals surface area contributed by atoms with Crippen LogP contribution in [0.4, 0.5) is 15.9 Å². The summed E-state index contributed by atoms with van der Waals surface area (Å²) in [7, 11) is 0. The third-order valence-electron chi connectivity index (χ3n) is 2.19. The number of nitrogen functional groups attached to an aromatic ring is 1. The molecule has 0 saturated carbocycles. The highest BCUT2D eigenvalue weighted by Crippen LogP contribution is 2.20. The molecule has 1 aromatic carbocycles. The van der Waals surface area contributed by atoms with E-state index < -0.39 is 11.9 Å². The maximum Gasteiger partial charge on any atom is 0.258 e. The van der Waals surface area contributed by atoms with Crippen LogP contribution in [0, 0.1) is 5.95 Å². The molecule has 1 amide bonds. The fraction of sp³-hybridized carbons (Fsp3) is 0. The van der Waals surface area contributed by atoms with Crippen LogP contribution in [0.5, 0.6) is 0 Å². The van der Waals surface area contributed by atoms with Crippen molar-refractivity contribution < 1.29 is 9.18 Å². The van der Waals surface area contributed by atoms with E-state index >= 15 is 0 Å². The zero-order valence-electron chi connectivity index (χ0n) is 9.15. The number of amides is 1. The third-order valence-corrected chi connectivity index (χ3v) is 2.51. The van der Waals surface area contributed by atoms with Gasteiger partial charge in [0.05, 0.1) is 10.6 Å². The van der Waals surface area contributed by atoms with Gasteiger partial charge in [-0.25, -0.2) is 4.98 Å². The minimum Gasteiger partial charge on any atom is -0.399 e. The smallest absolute Gasteiger partial charge is 0.258 e. The number of carbonyl (C=O) groups is 1. The van der Waals surface area contributed by atoms with Gasteiger partial charge in [-0.1, -0.05) is 17.7 Å². The van der Waals surface area contributed by atoms with Gasteiger partial charge in [0, 0.05) is 5.69 Å². The number of rotatable bonds is 2. The van der Waals surface area contributed by atoms with E-state index in [1.54, 1.807) is 6.07 Å². The number of halogens is 2. The van der Waals surface area contributed by atoms with Crippen molar-refractivity contribution in [3.05, 3.63) is 52.9 Å². The Labute approximate surface area is 108 Å². The van der Waals surface area contributed by atoms with E-state index in [4.69, 9.17) is 17.3 Å². The van der Waals surface area contributed by atoms with Crippen LogP contribution >= 0.6 is 11.6 Å². The van der Waals surface area contributed by atoms with Crippen molar-refractivity contribution in [2.45, 2.75) is 0 Å². The highest BCUT2D eigenvalue weighted by Gasteiger charge is 2.11. The molecule has 0 unspecified atom stereocenters. The molecule has 1 aromatic heterocycles. The van der Waals surface area contributed by atoms with Gasteiger partial charge in [0.2, 0.25) is 5.95 Å². The van der Waals surface area contributed by atoms with Gasteiger partial charge < -0.3 is 11.1 Å². The van der Waals surface area contributed by atoms with Gasteiger partial charge in [-0.2, -0.15) is 4.39 Å². The quantitative estimate of drug-likeness (QED) is 0.648. The van der Waals surface area contributed by atoms with Crippen LogP contribution in [0.3, 0.4) is 0 Å². The molecule has 1 heterocycles. The van der Waals surface area contributed by atoms with Gasteiger partial charge >= 0.3 is 0 Å². The van der Waals surface area contributed by atoms with Crippen LogP contribution in [-0.4, -0.2) is 10.9 Å². The Morgan fingerprint density at radius 1 is 1.33 bits per heavy atom. The van der Waals surface area contributed by atoms with Gasteiger partial charge in [-0.3, -0.25) is 4.79 Å². The number of nitrogens with zero attached hydrogens (tertiary/aromatic N) is 1. The zero-order valence-corrected chi connectivity index (χ0v) is 9.91. The van der Waals surface area contributed by atoms with Crippen LogP contribution in [0.15, 0.2) is 36.4 Å². The number of nitrogens with two attached hydrogens (primary N) is 1. The SMILES string of the molecule is Nc1ccc(C(=O)Nc2cccc(F)n2)c(Cl)c1. The van der Waals surface area contributed by atoms with E-state index in [1.165, 1.54) is 30.3 Å². The number of carbonyl (C=O) groups excluding carboxylic acids is 1. The van der Waals surface area contributed by atoms with Crippen molar-refractivity contribution in [3.8, 4) is 0 Å². The lowest BCUT2D eigenvalue weighted by Gasteiger charge is -2.06. The molecule has 6 heteroatoms. The van der Waals surface area contributed by atoms with Crippen molar-refractivity contribution in [1.29, 1.82) is 0 Å². The minimum absolute atomic E-state index is 0.118. The Bertz CT molecular complexity index is 604. The van der Waals surface area contributed by atoms with Crippen molar-refractivity contribution in [2.24, 2.45) is 0 Å². The zero-order chi connectivity index (χ0) is 13.1. The molecule has 0 aliphatic carbocycles. The van der Waals surface area contributed by atoms with Crippen molar-refractivity contribution in [1.82, 2.24) is 4.98 Å². The topological polar surface area (TPSA) is 68.0 Å². The number of aromatic nitrogens is 1. The summed E-state index contributed by atoms with van der Waals surface area (Å²) in [6.07, 6.45) is 0. The number of pyridine rings is 1. The monoisotopic (exact) mass is 265 g/mol. The number of hydrogen-bond acceptors (Lipinski definition) is 3. The molecule has 4 nitrogen and oxygen atoms in total. The Balaban J connectivity index is 2.22. The summed E-state index contributed by atoms with van der Waals surface area (Å²) in [5, 5.41) is 2.67. The van der Waals surface area contributed by atoms with Crippen LogP contribution in [0.25, 0.3) is 0 Å². The average molecular weight is 266 g/mol. The van der Waals surface area contributed by atoms with Crippen LogP contribution in [-0.2, 0) is 0 Å². The van der Waals surface area contributed by atoms with Crippen molar-refractivity contribution in [2.75, 3.05) is 11.1 Å². The van der Waals surface area contributed by atoms with Crippen LogP contribution in [0.1, 0.15) is 10.4 Å². The predicted octanol–water partition coefficient (Wildman–Crippen LogP) is 2.71. The molecule has 0 saturated heterocycles. The van der Waals surface area contributed by atoms with Crippen LogP contribution in [0.2, 0.25) is 5.02 Å². The number of nitrogens with one attached hydrogen (secondary N) is 1.